The zero-order chi connectivity index (χ0) is 14.7. The Balaban J connectivity index is 2.75. The number of aromatic nitrogens is 2. The number of hydrogen-bond acceptors (Lipinski definition) is 4. The first kappa shape index (κ1) is 16.1. The van der Waals surface area contributed by atoms with Gasteiger partial charge in [0.1, 0.15) is 5.82 Å². The van der Waals surface area contributed by atoms with Gasteiger partial charge in [0.25, 0.3) is 10.0 Å². The van der Waals surface area contributed by atoms with Crippen molar-refractivity contribution in [2.45, 2.75) is 45.1 Å². The Hall–Kier alpha value is -0.920. The minimum atomic E-state index is -3.57. The van der Waals surface area contributed by atoms with Crippen LogP contribution < -0.4 is 4.72 Å². The molecule has 19 heavy (non-hydrogen) atoms. The zero-order valence-electron chi connectivity index (χ0n) is 11.9. The molecule has 0 saturated heterocycles. The fourth-order valence-electron chi connectivity index (χ4n) is 1.51. The summed E-state index contributed by atoms with van der Waals surface area (Å²) >= 11 is 0. The standard InChI is InChI=1S/C12H23N3O3S/c1-9(2)11-13-7-10(15-11)19(17,18)14-8-12(3,4)5-6-16/h7,9,14,16H,5-6,8H2,1-4H3,(H,13,15). The third kappa shape index (κ3) is 4.59. The first-order valence-corrected chi connectivity index (χ1v) is 7.82. The van der Waals surface area contributed by atoms with Crippen LogP contribution in [0, 0.1) is 5.41 Å². The van der Waals surface area contributed by atoms with E-state index in [0.29, 0.717) is 12.2 Å². The highest BCUT2D eigenvalue weighted by Gasteiger charge is 2.23. The quantitative estimate of drug-likeness (QED) is 0.703. The SMILES string of the molecule is CC(C)c1ncc(S(=O)(=O)NCC(C)(C)CCO)[nH]1. The molecule has 0 aliphatic heterocycles. The molecule has 0 bridgehead atoms. The summed E-state index contributed by atoms with van der Waals surface area (Å²) in [6.45, 7) is 7.98. The molecule has 0 radical (unpaired) electrons. The van der Waals surface area contributed by atoms with E-state index in [9.17, 15) is 8.42 Å². The van der Waals surface area contributed by atoms with Gasteiger partial charge in [0.2, 0.25) is 0 Å². The molecular weight excluding hydrogens is 266 g/mol. The molecule has 1 rings (SSSR count). The van der Waals surface area contributed by atoms with Gasteiger partial charge in [-0.2, -0.15) is 0 Å². The summed E-state index contributed by atoms with van der Waals surface area (Å²) in [6.07, 6.45) is 1.87. The van der Waals surface area contributed by atoms with Crippen LogP contribution in [0.1, 0.15) is 45.9 Å². The van der Waals surface area contributed by atoms with E-state index in [-0.39, 0.29) is 29.5 Å². The van der Waals surface area contributed by atoms with Crippen LogP contribution in [0.2, 0.25) is 0 Å². The van der Waals surface area contributed by atoms with Crippen LogP contribution in [0.4, 0.5) is 0 Å². The average Bonchev–Trinajstić information content (AvgIpc) is 2.77. The van der Waals surface area contributed by atoms with E-state index in [1.54, 1.807) is 0 Å². The van der Waals surface area contributed by atoms with Gasteiger partial charge in [-0.15, -0.1) is 0 Å². The van der Waals surface area contributed by atoms with Crippen LogP contribution in [0.15, 0.2) is 11.2 Å². The number of nitrogens with one attached hydrogen (secondary N) is 2. The lowest BCUT2D eigenvalue weighted by atomic mass is 9.90. The van der Waals surface area contributed by atoms with Crippen LogP contribution in [-0.2, 0) is 10.0 Å². The van der Waals surface area contributed by atoms with Gasteiger partial charge in [-0.25, -0.2) is 18.1 Å². The number of imidazole rings is 1. The summed E-state index contributed by atoms with van der Waals surface area (Å²) in [6, 6.07) is 0. The smallest absolute Gasteiger partial charge is 0.257 e. The highest BCUT2D eigenvalue weighted by molar-refractivity contribution is 7.89. The summed E-state index contributed by atoms with van der Waals surface area (Å²) in [4.78, 5) is 6.86. The van der Waals surface area contributed by atoms with Gasteiger partial charge >= 0.3 is 0 Å². The lowest BCUT2D eigenvalue weighted by Crippen LogP contribution is -2.34. The van der Waals surface area contributed by atoms with E-state index in [2.05, 4.69) is 14.7 Å². The van der Waals surface area contributed by atoms with Gasteiger partial charge in [-0.1, -0.05) is 27.7 Å². The molecule has 0 saturated carbocycles. The summed E-state index contributed by atoms with van der Waals surface area (Å²) in [5, 5.41) is 9.00. The summed E-state index contributed by atoms with van der Waals surface area (Å²) in [5.41, 5.74) is -0.289. The number of nitrogens with zero attached hydrogens (tertiary/aromatic N) is 1. The minimum absolute atomic E-state index is 0.0380. The third-order valence-corrected chi connectivity index (χ3v) is 4.25. The maximum atomic E-state index is 12.1. The van der Waals surface area contributed by atoms with Gasteiger partial charge in [0, 0.05) is 19.1 Å². The molecule has 0 fully saturated rings. The predicted molar refractivity (Wildman–Crippen MR) is 73.3 cm³/mol. The fraction of sp³-hybridized carbons (Fsp3) is 0.750. The second kappa shape index (κ2) is 6.02. The van der Waals surface area contributed by atoms with E-state index in [1.807, 2.05) is 27.7 Å². The number of aliphatic hydroxyl groups excluding tert-OH is 1. The molecule has 1 aromatic rings. The highest BCUT2D eigenvalue weighted by atomic mass is 32.2. The topological polar surface area (TPSA) is 95.1 Å². The summed E-state index contributed by atoms with van der Waals surface area (Å²) in [7, 11) is -3.57. The van der Waals surface area contributed by atoms with Crippen molar-refractivity contribution in [3.63, 3.8) is 0 Å². The Morgan fingerprint density at radius 2 is 2.11 bits per heavy atom. The number of H-pyrrole nitrogens is 1. The van der Waals surface area contributed by atoms with E-state index in [4.69, 9.17) is 5.11 Å². The monoisotopic (exact) mass is 289 g/mol. The third-order valence-electron chi connectivity index (χ3n) is 2.94. The molecule has 6 nitrogen and oxygen atoms in total. The number of aliphatic hydroxyl groups is 1. The molecule has 0 aromatic carbocycles. The molecule has 0 spiro atoms. The largest absolute Gasteiger partial charge is 0.396 e. The Bertz CT molecular complexity index is 506. The van der Waals surface area contributed by atoms with E-state index in [0.717, 1.165) is 0 Å². The van der Waals surface area contributed by atoms with Crippen molar-refractivity contribution in [1.82, 2.24) is 14.7 Å². The highest BCUT2D eigenvalue weighted by Crippen LogP contribution is 2.19. The molecule has 1 aromatic heterocycles. The molecular formula is C12H23N3O3S. The molecule has 0 aliphatic rings. The zero-order valence-corrected chi connectivity index (χ0v) is 12.7. The lowest BCUT2D eigenvalue weighted by Gasteiger charge is -2.23. The van der Waals surface area contributed by atoms with E-state index in [1.165, 1.54) is 6.20 Å². The molecule has 0 amide bonds. The second-order valence-corrected chi connectivity index (χ2v) is 7.49. The first-order valence-electron chi connectivity index (χ1n) is 6.33. The van der Waals surface area contributed by atoms with Gasteiger partial charge in [-0.3, -0.25) is 0 Å². The Morgan fingerprint density at radius 1 is 1.47 bits per heavy atom. The molecule has 0 atom stereocenters. The van der Waals surface area contributed by atoms with Gasteiger partial charge < -0.3 is 10.1 Å². The minimum Gasteiger partial charge on any atom is -0.396 e. The van der Waals surface area contributed by atoms with E-state index >= 15 is 0 Å². The number of sulfonamides is 1. The van der Waals surface area contributed by atoms with Crippen molar-refractivity contribution >= 4 is 10.0 Å². The normalized spacial score (nSPS) is 13.2. The van der Waals surface area contributed by atoms with Crippen LogP contribution in [-0.4, -0.2) is 36.6 Å². The summed E-state index contributed by atoms with van der Waals surface area (Å²) in [5.74, 6) is 0.796. The Labute approximate surface area is 114 Å². The maximum absolute atomic E-state index is 12.1. The van der Waals surface area contributed by atoms with E-state index < -0.39 is 10.0 Å². The average molecular weight is 289 g/mol. The lowest BCUT2D eigenvalue weighted by molar-refractivity contribution is 0.213. The summed E-state index contributed by atoms with van der Waals surface area (Å²) < 4.78 is 26.7. The molecule has 3 N–H and O–H groups in total. The predicted octanol–water partition coefficient (Wildman–Crippen LogP) is 1.22. The van der Waals surface area contributed by atoms with Crippen molar-refractivity contribution in [3.8, 4) is 0 Å². The maximum Gasteiger partial charge on any atom is 0.257 e. The molecule has 1 heterocycles. The van der Waals surface area contributed by atoms with Crippen molar-refractivity contribution in [2.75, 3.05) is 13.2 Å². The molecule has 7 heteroatoms. The van der Waals surface area contributed by atoms with Gasteiger partial charge in [0.15, 0.2) is 5.03 Å². The van der Waals surface area contributed by atoms with Gasteiger partial charge in [-0.05, 0) is 11.8 Å². The van der Waals surface area contributed by atoms with Crippen LogP contribution in [0.25, 0.3) is 0 Å². The molecule has 0 aliphatic carbocycles. The van der Waals surface area contributed by atoms with Crippen LogP contribution >= 0.6 is 0 Å². The first-order chi connectivity index (χ1) is 8.68. The number of rotatable bonds is 7. The Morgan fingerprint density at radius 3 is 2.58 bits per heavy atom. The van der Waals surface area contributed by atoms with Crippen LogP contribution in [0.5, 0.6) is 0 Å². The van der Waals surface area contributed by atoms with Crippen molar-refractivity contribution in [2.24, 2.45) is 5.41 Å². The van der Waals surface area contributed by atoms with Crippen molar-refractivity contribution in [1.29, 1.82) is 0 Å². The van der Waals surface area contributed by atoms with Gasteiger partial charge in [0.05, 0.1) is 6.20 Å². The Kier molecular flexibility index (Phi) is 5.11. The van der Waals surface area contributed by atoms with Crippen molar-refractivity contribution < 1.29 is 13.5 Å². The number of aromatic amines is 1. The molecule has 0 unspecified atom stereocenters. The van der Waals surface area contributed by atoms with Crippen molar-refractivity contribution in [3.05, 3.63) is 12.0 Å². The second-order valence-electron chi connectivity index (χ2n) is 5.75. The number of hydrogen-bond donors (Lipinski definition) is 3. The fourth-order valence-corrected chi connectivity index (χ4v) is 2.67. The molecule has 110 valence electrons. The van der Waals surface area contributed by atoms with Crippen LogP contribution in [0.3, 0.4) is 0 Å².